The van der Waals surface area contributed by atoms with Crippen molar-refractivity contribution < 1.29 is 96.9 Å². The van der Waals surface area contributed by atoms with Crippen molar-refractivity contribution in [3.8, 4) is 0 Å². The molecule has 1 aromatic carbocycles. The average molecular weight is 1860 g/mol. The Labute approximate surface area is 799 Å². The summed E-state index contributed by atoms with van der Waals surface area (Å²) in [4.78, 5) is 74.1. The van der Waals surface area contributed by atoms with Crippen LogP contribution in [0.3, 0.4) is 0 Å². The summed E-state index contributed by atoms with van der Waals surface area (Å²) >= 11 is 1.36. The van der Waals surface area contributed by atoms with Crippen LogP contribution in [0.1, 0.15) is 279 Å². The maximum Gasteiger partial charge on any atom is 0.204 e. The van der Waals surface area contributed by atoms with Gasteiger partial charge in [0.15, 0.2) is 34.6 Å². The molecule has 0 heterocycles. The molecule has 0 saturated carbocycles. The fourth-order valence-corrected chi connectivity index (χ4v) is 17.6. The number of ether oxygens (including phenoxy) is 9. The van der Waals surface area contributed by atoms with Crippen LogP contribution in [0.2, 0.25) is 0 Å². The molecule has 0 spiro atoms. The van der Waals surface area contributed by atoms with Crippen molar-refractivity contribution >= 4 is 46.5 Å². The maximum atomic E-state index is 12.5. The summed E-state index contributed by atoms with van der Waals surface area (Å²) in [5.74, 6) is -0.558. The molecule has 21 heteroatoms. The summed E-state index contributed by atoms with van der Waals surface area (Å²) in [5.41, 5.74) is 15.5. The van der Waals surface area contributed by atoms with Gasteiger partial charge in [0.05, 0.1) is 68.9 Å². The number of aliphatic hydroxyl groups excluding tert-OH is 5. The molecule has 132 heavy (non-hydrogen) atoms. The summed E-state index contributed by atoms with van der Waals surface area (Å²) in [6.07, 6.45) is 42.5. The predicted octanol–water partition coefficient (Wildman–Crippen LogP) is 23.6. The quantitative estimate of drug-likeness (QED) is 0.0299. The summed E-state index contributed by atoms with van der Waals surface area (Å²) in [6, 6.07) is 10.5. The minimum atomic E-state index is -0.852. The van der Waals surface area contributed by atoms with Gasteiger partial charge in [-0.25, -0.2) is 0 Å². The Balaban J connectivity index is 0.000000562. The predicted molar refractivity (Wildman–Crippen MR) is 536 cm³/mol. The van der Waals surface area contributed by atoms with E-state index in [4.69, 9.17) is 42.6 Å². The summed E-state index contributed by atoms with van der Waals surface area (Å²) in [5, 5.41) is 53.0. The molecule has 0 radical (unpaired) electrons. The van der Waals surface area contributed by atoms with E-state index in [0.717, 1.165) is 115 Å². The van der Waals surface area contributed by atoms with Crippen molar-refractivity contribution in [2.24, 2.45) is 59.2 Å². The number of ketones is 6. The molecular weight excluding hydrogens is 1690 g/mol. The van der Waals surface area contributed by atoms with Gasteiger partial charge in [-0.3, -0.25) is 28.8 Å². The molecule has 5 N–H and O–H groups in total. The van der Waals surface area contributed by atoms with Gasteiger partial charge in [-0.1, -0.05) is 215 Å². The monoisotopic (exact) mass is 1860 g/mol. The number of allylic oxidation sites excluding steroid dienone is 27. The zero-order valence-electron chi connectivity index (χ0n) is 86.2. The van der Waals surface area contributed by atoms with Crippen molar-refractivity contribution in [2.75, 3.05) is 70.2 Å². The van der Waals surface area contributed by atoms with Crippen LogP contribution in [0, 0.1) is 59.2 Å². The van der Waals surface area contributed by atoms with Crippen molar-refractivity contribution in [1.82, 2.24) is 0 Å². The average Bonchev–Trinajstić information content (AvgIpc) is 0.812. The third-order valence-electron chi connectivity index (χ3n) is 26.5. The van der Waals surface area contributed by atoms with Crippen molar-refractivity contribution in [3.05, 3.63) is 221 Å². The van der Waals surface area contributed by atoms with Gasteiger partial charge in [-0.15, -0.1) is 11.8 Å². The third-order valence-corrected chi connectivity index (χ3v) is 27.3. The molecule has 5 aliphatic rings. The number of benzene rings is 1. The Kier molecular flexibility index (Phi) is 57.6. The molecule has 0 bridgehead atoms. The van der Waals surface area contributed by atoms with Crippen LogP contribution in [0.4, 0.5) is 0 Å². The molecule has 15 atom stereocenters. The number of thioether (sulfide) groups is 1. The SMILES string of the molecule is CC/C(C)=C/CC/C(C)=C/CC/C(C)=C/CC1C(C)C(=O)C(OC)=C(OC)C1O.CC/C(C)=C/CC/C(C)=C/CC1C(C)C(=O)C(OC)=C(OC)C1O.CCC/C(C)=C/CC1C(C)C(=O)C(SC)=C(OC)C1O.COC1=C(OC)C(O)C(C/C=C(\C)CC/C=C(\C)CC/C=C(\C)C(C)=O)C(C)C1=O.COC1=C(OC)C(O)C(C/C=C(\C)CC/C=C(\C)Cc2ccccc2)C(C)C1=O. The van der Waals surface area contributed by atoms with Crippen molar-refractivity contribution in [3.63, 3.8) is 0 Å². The summed E-state index contributed by atoms with van der Waals surface area (Å²) < 4.78 is 46.9. The second-order valence-corrected chi connectivity index (χ2v) is 37.1. The summed E-state index contributed by atoms with van der Waals surface area (Å²) in [6.45, 7) is 40.6. The van der Waals surface area contributed by atoms with Gasteiger partial charge in [-0.2, -0.15) is 0 Å². The first-order valence-electron chi connectivity index (χ1n) is 47.6. The second-order valence-electron chi connectivity index (χ2n) is 36.3. The summed E-state index contributed by atoms with van der Waals surface area (Å²) in [7, 11) is 13.1. The van der Waals surface area contributed by atoms with E-state index in [1.165, 1.54) is 137 Å². The molecule has 0 amide bonds. The first-order valence-corrected chi connectivity index (χ1v) is 48.8. The largest absolute Gasteiger partial charge is 0.497 e. The number of aliphatic hydroxyl groups is 5. The van der Waals surface area contributed by atoms with Crippen molar-refractivity contribution in [2.45, 2.75) is 310 Å². The normalized spacial score (nSPS) is 24.8. The number of Topliss-reactive ketones (excluding diaryl/α,β-unsaturated/α-hetero) is 6. The standard InChI is InChI=1S/C25H38O5.C25H34O4.C25H40O4.C20H32O4.C16H26O3S/c1-16(12-9-13-18(3)20(5)26)10-8-11-17(2)14-15-21-19(4)22(27)24(29-6)25(30-7)23(21)28;1-17(10-9-11-18(2)16-20-12-7-6-8-13-20)14-15-21-19(3)22(26)24(28-4)25(29-5)23(21)27;1-8-17(2)11-9-12-18(3)13-10-14-19(4)15-16-21-20(5)22(26)24(28-6)25(29-7)23(21)27;1-7-13(2)9-8-10-14(3)11-12-16-15(4)17(21)19(23-5)20(24-6)18(16)22;1-6-7-10(2)8-9-12-11(3)13(17)16(20-5)15(19-4)14(12)18/h10,13-14,19,21,23,28H,8-9,11-12,15H2,1-7H3;6-8,11-14,19,21,23,27H,9-10,15-16H2,1-5H3;11,13,15,20-21,23,27H,8-10,12,14,16H2,1-7H3;9,11,15-16,18,22H,7-8,10,12H2,1-6H3;8,11-12,14,18H,6-7,9H2,1-5H3/b16-10+,17-14+,18-13+;17-14+,18-11+;17-11+,18-13+,19-15+;13-9+,14-11+;10-8+. The second kappa shape index (κ2) is 63.6. The van der Waals surface area contributed by atoms with E-state index in [1.807, 2.05) is 59.9 Å². The molecule has 740 valence electrons. The van der Waals surface area contributed by atoms with E-state index in [9.17, 15) is 54.3 Å². The molecular formula is C111H170O20S. The number of carbonyl (C=O) groups excluding carboxylic acids is 6. The number of rotatable bonds is 45. The molecule has 20 nitrogen and oxygen atoms in total. The highest BCUT2D eigenvalue weighted by Gasteiger charge is 2.47. The highest BCUT2D eigenvalue weighted by Crippen LogP contribution is 2.42. The van der Waals surface area contributed by atoms with Gasteiger partial charge < -0.3 is 68.2 Å². The van der Waals surface area contributed by atoms with E-state index < -0.39 is 30.5 Å². The van der Waals surface area contributed by atoms with Crippen LogP contribution >= 0.6 is 11.8 Å². The van der Waals surface area contributed by atoms with Gasteiger partial charge in [0, 0.05) is 59.2 Å². The van der Waals surface area contributed by atoms with Gasteiger partial charge in [0.2, 0.25) is 46.2 Å². The molecule has 5 aliphatic carbocycles. The number of carbonyl (C=O) groups is 6. The minimum Gasteiger partial charge on any atom is -0.497 e. The molecule has 15 unspecified atom stereocenters. The Bertz CT molecular complexity index is 4380. The lowest BCUT2D eigenvalue weighted by Crippen LogP contribution is -2.40. The van der Waals surface area contributed by atoms with E-state index >= 15 is 0 Å². The van der Waals surface area contributed by atoms with Gasteiger partial charge >= 0.3 is 0 Å². The lowest BCUT2D eigenvalue weighted by Gasteiger charge is -2.34. The van der Waals surface area contributed by atoms with Crippen LogP contribution in [-0.4, -0.2) is 161 Å². The molecule has 1 aromatic rings. The Morgan fingerprint density at radius 2 is 0.545 bits per heavy atom. The van der Waals surface area contributed by atoms with Crippen LogP contribution in [0.25, 0.3) is 0 Å². The lowest BCUT2D eigenvalue weighted by molar-refractivity contribution is -0.128. The maximum absolute atomic E-state index is 12.5. The number of methoxy groups -OCH3 is 9. The molecule has 0 aromatic heterocycles. The van der Waals surface area contributed by atoms with Crippen LogP contribution in [0.5, 0.6) is 0 Å². The van der Waals surface area contributed by atoms with Gasteiger partial charge in [0.1, 0.15) is 36.3 Å². The topological polar surface area (TPSA) is 287 Å². The van der Waals surface area contributed by atoms with E-state index in [-0.39, 0.29) is 140 Å². The van der Waals surface area contributed by atoms with Crippen LogP contribution in [-0.2, 0) is 77.8 Å². The zero-order valence-corrected chi connectivity index (χ0v) is 87.0. The van der Waals surface area contributed by atoms with Crippen LogP contribution < -0.4 is 0 Å². The fraction of sp³-hybridized carbons (Fsp3) is 0.604. The first-order chi connectivity index (χ1) is 62.6. The zero-order chi connectivity index (χ0) is 99.8. The highest BCUT2D eigenvalue weighted by atomic mass is 32.2. The number of hydrogen-bond donors (Lipinski definition) is 5. The van der Waals surface area contributed by atoms with E-state index in [1.54, 1.807) is 6.92 Å². The lowest BCUT2D eigenvalue weighted by atomic mass is 9.77. The molecule has 6 rings (SSSR count). The fourth-order valence-electron chi connectivity index (χ4n) is 16.8. The number of hydrogen-bond acceptors (Lipinski definition) is 21. The minimum absolute atomic E-state index is 0.0891. The molecule has 0 fully saturated rings. The first kappa shape index (κ1) is 119. The Morgan fingerprint density at radius 3 is 0.788 bits per heavy atom. The van der Waals surface area contributed by atoms with Crippen LogP contribution in [0.15, 0.2) is 215 Å². The van der Waals surface area contributed by atoms with Crippen molar-refractivity contribution in [1.29, 1.82) is 0 Å². The van der Waals surface area contributed by atoms with E-state index in [2.05, 4.69) is 175 Å². The van der Waals surface area contributed by atoms with Gasteiger partial charge in [-0.05, 0) is 235 Å². The van der Waals surface area contributed by atoms with Gasteiger partial charge in [0.25, 0.3) is 0 Å². The molecule has 0 aliphatic heterocycles. The Hall–Kier alpha value is -8.57. The van der Waals surface area contributed by atoms with E-state index in [0.29, 0.717) is 42.8 Å². The highest BCUT2D eigenvalue weighted by molar-refractivity contribution is 8.03. The smallest absolute Gasteiger partial charge is 0.204 e. The molecule has 0 saturated heterocycles. The Morgan fingerprint density at radius 1 is 0.311 bits per heavy atom. The third kappa shape index (κ3) is 37.9.